The molecule has 3 N–H and O–H groups in total. The summed E-state index contributed by atoms with van der Waals surface area (Å²) in [4.78, 5) is 28.5. The van der Waals surface area contributed by atoms with Crippen LogP contribution in [-0.4, -0.2) is 48.5 Å². The van der Waals surface area contributed by atoms with Gasteiger partial charge in [-0.2, -0.15) is 8.42 Å². The van der Waals surface area contributed by atoms with Gasteiger partial charge in [-0.1, -0.05) is 36.4 Å². The van der Waals surface area contributed by atoms with Crippen LogP contribution in [0.2, 0.25) is 0 Å². The number of nitrogen functional groups attached to an aromatic ring is 1. The highest BCUT2D eigenvalue weighted by Gasteiger charge is 2.30. The van der Waals surface area contributed by atoms with Gasteiger partial charge in [0.25, 0.3) is 15.9 Å². The van der Waals surface area contributed by atoms with Crippen molar-refractivity contribution in [3.63, 3.8) is 0 Å². The Morgan fingerprint density at radius 2 is 1.85 bits per heavy atom. The van der Waals surface area contributed by atoms with Crippen molar-refractivity contribution in [1.29, 1.82) is 0 Å². The Morgan fingerprint density at radius 3 is 2.55 bits per heavy atom. The van der Waals surface area contributed by atoms with Gasteiger partial charge in [-0.3, -0.25) is 4.79 Å². The van der Waals surface area contributed by atoms with Crippen LogP contribution in [0, 0.1) is 0 Å². The van der Waals surface area contributed by atoms with Crippen molar-refractivity contribution in [3.8, 4) is 17.1 Å². The third kappa shape index (κ3) is 6.04. The lowest BCUT2D eigenvalue weighted by Crippen LogP contribution is -2.33. The molecule has 1 unspecified atom stereocenters. The van der Waals surface area contributed by atoms with Crippen molar-refractivity contribution in [3.05, 3.63) is 90.1 Å². The first-order valence-electron chi connectivity index (χ1n) is 12.9. The van der Waals surface area contributed by atoms with Crippen molar-refractivity contribution in [2.45, 2.75) is 37.3 Å². The second-order valence-electron chi connectivity index (χ2n) is 9.80. The fourth-order valence-corrected chi connectivity index (χ4v) is 5.57. The number of benzene rings is 1. The van der Waals surface area contributed by atoms with E-state index in [0.29, 0.717) is 30.5 Å². The van der Waals surface area contributed by atoms with Crippen LogP contribution in [0.25, 0.3) is 11.3 Å². The molecule has 0 spiro atoms. The van der Waals surface area contributed by atoms with E-state index in [9.17, 15) is 13.2 Å². The highest BCUT2D eigenvalue weighted by atomic mass is 32.2. The van der Waals surface area contributed by atoms with Gasteiger partial charge >= 0.3 is 0 Å². The Labute approximate surface area is 234 Å². The summed E-state index contributed by atoms with van der Waals surface area (Å²) >= 11 is 0. The zero-order chi connectivity index (χ0) is 28.3. The Hall–Kier alpha value is -4.51. The standard InChI is InChI=1S/C29H30N6O4S.H2/c1-19(2)39-26-14-11-21(17-31-26)24-13-12-23(29(36)34-40(37,38)27-10-6-9-25(30)33-27)28(32-24)35-16-15-22(18-35)20-7-4-3-5-8-20;/h3-14,17,19,22H,15-16,18H2,1-2H3,(H2,30,33)(H,34,36);1H. The van der Waals surface area contributed by atoms with Gasteiger partial charge < -0.3 is 15.4 Å². The molecule has 1 atom stereocenters. The van der Waals surface area contributed by atoms with Crippen LogP contribution in [-0.2, 0) is 10.0 Å². The topological polar surface area (TPSA) is 140 Å². The van der Waals surface area contributed by atoms with E-state index in [4.69, 9.17) is 15.5 Å². The number of carbonyl (C=O) groups excluding carboxylic acids is 1. The third-order valence-electron chi connectivity index (χ3n) is 6.51. The Bertz CT molecular complexity index is 1620. The van der Waals surface area contributed by atoms with Crippen LogP contribution in [0.1, 0.15) is 43.5 Å². The second kappa shape index (κ2) is 11.3. The van der Waals surface area contributed by atoms with Crippen molar-refractivity contribution in [2.75, 3.05) is 23.7 Å². The number of anilines is 2. The average molecular weight is 561 g/mol. The quantitative estimate of drug-likeness (QED) is 0.323. The minimum Gasteiger partial charge on any atom is -0.475 e. The molecule has 1 aliphatic heterocycles. The molecule has 11 heteroatoms. The molecular weight excluding hydrogens is 528 g/mol. The van der Waals surface area contributed by atoms with E-state index in [2.05, 4.69) is 26.8 Å². The number of carbonyl (C=O) groups is 1. The molecule has 4 aromatic rings. The molecule has 1 aromatic carbocycles. The monoisotopic (exact) mass is 560 g/mol. The van der Waals surface area contributed by atoms with E-state index in [0.717, 1.165) is 12.0 Å². The second-order valence-corrected chi connectivity index (χ2v) is 11.4. The number of hydrogen-bond acceptors (Lipinski definition) is 9. The van der Waals surface area contributed by atoms with E-state index in [1.165, 1.54) is 23.8 Å². The number of rotatable bonds is 8. The maximum atomic E-state index is 13.4. The molecule has 1 saturated heterocycles. The largest absolute Gasteiger partial charge is 0.475 e. The van der Waals surface area contributed by atoms with Gasteiger partial charge in [0, 0.05) is 38.3 Å². The lowest BCUT2D eigenvalue weighted by atomic mass is 9.99. The van der Waals surface area contributed by atoms with Gasteiger partial charge in [0.1, 0.15) is 11.6 Å². The first-order valence-corrected chi connectivity index (χ1v) is 14.4. The number of nitrogens with one attached hydrogen (secondary N) is 1. The summed E-state index contributed by atoms with van der Waals surface area (Å²) in [6, 6.07) is 21.2. The SMILES string of the molecule is CC(C)Oc1ccc(-c2ccc(C(=O)NS(=O)(=O)c3cccc(N)n3)c(N3CCC(c4ccccc4)C3)n2)cn1.[HH]. The Kier molecular flexibility index (Phi) is 7.65. The third-order valence-corrected chi connectivity index (χ3v) is 7.75. The minimum atomic E-state index is -4.26. The van der Waals surface area contributed by atoms with Gasteiger partial charge in [0.05, 0.1) is 17.4 Å². The number of aromatic nitrogens is 3. The first kappa shape index (κ1) is 27.1. The number of nitrogens with two attached hydrogens (primary N) is 1. The molecular formula is C29H32N6O4S. The number of sulfonamides is 1. The highest BCUT2D eigenvalue weighted by molar-refractivity contribution is 7.90. The summed E-state index contributed by atoms with van der Waals surface area (Å²) in [6.45, 7) is 5.13. The predicted octanol–water partition coefficient (Wildman–Crippen LogP) is 4.27. The summed E-state index contributed by atoms with van der Waals surface area (Å²) in [7, 11) is -4.26. The van der Waals surface area contributed by atoms with E-state index in [1.54, 1.807) is 24.4 Å². The summed E-state index contributed by atoms with van der Waals surface area (Å²) in [6.07, 6.45) is 2.52. The number of amides is 1. The summed E-state index contributed by atoms with van der Waals surface area (Å²) in [5, 5.41) is -0.341. The average Bonchev–Trinajstić information content (AvgIpc) is 3.44. The Balaban J connectivity index is 0.00000387. The van der Waals surface area contributed by atoms with Crippen LogP contribution in [0.4, 0.5) is 11.6 Å². The van der Waals surface area contributed by atoms with E-state index >= 15 is 0 Å². The van der Waals surface area contributed by atoms with E-state index < -0.39 is 15.9 Å². The maximum Gasteiger partial charge on any atom is 0.281 e. The molecule has 10 nitrogen and oxygen atoms in total. The molecule has 0 saturated carbocycles. The summed E-state index contributed by atoms with van der Waals surface area (Å²) < 4.78 is 33.6. The van der Waals surface area contributed by atoms with Crippen molar-refractivity contribution < 1.29 is 19.4 Å². The molecule has 5 rings (SSSR count). The smallest absolute Gasteiger partial charge is 0.281 e. The fourth-order valence-electron chi connectivity index (χ4n) is 4.63. The van der Waals surface area contributed by atoms with Crippen molar-refractivity contribution in [1.82, 2.24) is 19.7 Å². The van der Waals surface area contributed by atoms with Crippen LogP contribution < -0.4 is 20.1 Å². The molecule has 1 amide bonds. The first-order chi connectivity index (χ1) is 19.2. The molecule has 0 aliphatic carbocycles. The van der Waals surface area contributed by atoms with Crippen LogP contribution in [0.5, 0.6) is 5.88 Å². The predicted molar refractivity (Wildman–Crippen MR) is 155 cm³/mol. The van der Waals surface area contributed by atoms with Crippen molar-refractivity contribution in [2.24, 2.45) is 0 Å². The number of hydrogen-bond donors (Lipinski definition) is 2. The molecule has 40 heavy (non-hydrogen) atoms. The maximum absolute atomic E-state index is 13.4. The van der Waals surface area contributed by atoms with E-state index in [1.807, 2.05) is 43.0 Å². The molecule has 208 valence electrons. The molecule has 0 bridgehead atoms. The summed E-state index contributed by atoms with van der Waals surface area (Å²) in [5.41, 5.74) is 8.32. The summed E-state index contributed by atoms with van der Waals surface area (Å²) in [5.74, 6) is 0.369. The zero-order valence-electron chi connectivity index (χ0n) is 22.2. The molecule has 1 aliphatic rings. The van der Waals surface area contributed by atoms with Crippen LogP contribution >= 0.6 is 0 Å². The van der Waals surface area contributed by atoms with Gasteiger partial charge in [-0.25, -0.2) is 19.7 Å². The minimum absolute atomic E-state index is 0. The highest BCUT2D eigenvalue weighted by Crippen LogP contribution is 2.33. The number of pyridine rings is 3. The van der Waals surface area contributed by atoms with Gasteiger partial charge in [-0.05, 0) is 56.2 Å². The fraction of sp³-hybridized carbons (Fsp3) is 0.241. The Morgan fingerprint density at radius 1 is 1.05 bits per heavy atom. The van der Waals surface area contributed by atoms with Gasteiger partial charge in [0.15, 0.2) is 5.03 Å². The number of nitrogens with zero attached hydrogens (tertiary/aromatic N) is 4. The van der Waals surface area contributed by atoms with Crippen LogP contribution in [0.3, 0.4) is 0 Å². The zero-order valence-corrected chi connectivity index (χ0v) is 23.0. The lowest BCUT2D eigenvalue weighted by Gasteiger charge is -2.22. The van der Waals surface area contributed by atoms with Crippen molar-refractivity contribution >= 4 is 27.6 Å². The number of ether oxygens (including phenoxy) is 1. The molecule has 4 heterocycles. The van der Waals surface area contributed by atoms with E-state index in [-0.39, 0.29) is 29.9 Å². The molecule has 0 radical (unpaired) electrons. The normalized spacial score (nSPS) is 15.3. The van der Waals surface area contributed by atoms with Crippen LogP contribution in [0.15, 0.2) is 84.0 Å². The molecule has 3 aromatic heterocycles. The van der Waals surface area contributed by atoms with Gasteiger partial charge in [0.2, 0.25) is 5.88 Å². The lowest BCUT2D eigenvalue weighted by molar-refractivity contribution is 0.0981. The molecule has 1 fully saturated rings. The van der Waals surface area contributed by atoms with Gasteiger partial charge in [-0.15, -0.1) is 0 Å².